The average molecular weight is 526 g/mol. The first-order valence-corrected chi connectivity index (χ1v) is 13.8. The number of benzene rings is 5. The molecule has 7 aromatic rings. The lowest BCUT2D eigenvalue weighted by Gasteiger charge is -2.18. The van der Waals surface area contributed by atoms with Crippen LogP contribution in [0.2, 0.25) is 0 Å². The molecule has 3 heteroatoms. The van der Waals surface area contributed by atoms with Gasteiger partial charge in [0.1, 0.15) is 0 Å². The highest BCUT2D eigenvalue weighted by Crippen LogP contribution is 2.40. The maximum Gasteiger partial charge on any atom is 0.0998 e. The molecular formula is C38H27N3. The van der Waals surface area contributed by atoms with Crippen molar-refractivity contribution in [2.45, 2.75) is 13.8 Å². The first-order valence-electron chi connectivity index (χ1n) is 13.8. The summed E-state index contributed by atoms with van der Waals surface area (Å²) < 4.78 is 2.37. The number of fused-ring (bicyclic) bond motifs is 3. The van der Waals surface area contributed by atoms with Crippen molar-refractivity contribution in [2.75, 3.05) is 0 Å². The Hall–Kier alpha value is -5.46. The molecule has 0 aliphatic rings. The van der Waals surface area contributed by atoms with E-state index in [4.69, 9.17) is 0 Å². The van der Waals surface area contributed by atoms with E-state index in [1.54, 1.807) is 12.4 Å². The highest BCUT2D eigenvalue weighted by atomic mass is 15.0. The van der Waals surface area contributed by atoms with Gasteiger partial charge in [0, 0.05) is 34.3 Å². The first-order chi connectivity index (χ1) is 20.1. The van der Waals surface area contributed by atoms with Gasteiger partial charge in [-0.25, -0.2) is 0 Å². The lowest BCUT2D eigenvalue weighted by Crippen LogP contribution is -2.00. The smallest absolute Gasteiger partial charge is 0.0998 e. The predicted molar refractivity (Wildman–Crippen MR) is 169 cm³/mol. The summed E-state index contributed by atoms with van der Waals surface area (Å²) in [4.78, 5) is 4.21. The number of pyridine rings is 1. The second kappa shape index (κ2) is 9.93. The summed E-state index contributed by atoms with van der Waals surface area (Å²) in [6.07, 6.45) is 3.55. The summed E-state index contributed by atoms with van der Waals surface area (Å²) in [6.45, 7) is 4.31. The molecule has 2 heterocycles. The molecule has 0 unspecified atom stereocenters. The molecule has 194 valence electrons. The quantitative estimate of drug-likeness (QED) is 0.229. The third-order valence-electron chi connectivity index (χ3n) is 7.94. The molecule has 3 nitrogen and oxygen atoms in total. The van der Waals surface area contributed by atoms with Crippen LogP contribution in [0.25, 0.3) is 60.9 Å². The van der Waals surface area contributed by atoms with E-state index in [0.29, 0.717) is 5.56 Å². The molecule has 0 saturated carbocycles. The van der Waals surface area contributed by atoms with Crippen LogP contribution >= 0.6 is 0 Å². The van der Waals surface area contributed by atoms with Crippen LogP contribution in [-0.2, 0) is 0 Å². The Morgan fingerprint density at radius 2 is 1.32 bits per heavy atom. The fourth-order valence-electron chi connectivity index (χ4n) is 6.02. The Bertz CT molecular complexity index is 2110. The maximum atomic E-state index is 10.3. The average Bonchev–Trinajstić information content (AvgIpc) is 3.35. The van der Waals surface area contributed by atoms with Crippen molar-refractivity contribution < 1.29 is 0 Å². The van der Waals surface area contributed by atoms with Crippen molar-refractivity contribution in [3.8, 4) is 45.1 Å². The number of hydrogen-bond acceptors (Lipinski definition) is 2. The zero-order valence-corrected chi connectivity index (χ0v) is 23.0. The summed E-state index contributed by atoms with van der Waals surface area (Å²) in [5, 5.41) is 12.6. The van der Waals surface area contributed by atoms with Crippen LogP contribution in [0, 0.1) is 25.2 Å². The van der Waals surface area contributed by atoms with Crippen LogP contribution in [0.5, 0.6) is 0 Å². The Morgan fingerprint density at radius 3 is 2.10 bits per heavy atom. The molecule has 2 aromatic heterocycles. The van der Waals surface area contributed by atoms with Gasteiger partial charge in [0.15, 0.2) is 0 Å². The third kappa shape index (κ3) is 4.18. The molecule has 5 aromatic carbocycles. The van der Waals surface area contributed by atoms with Crippen LogP contribution in [0.4, 0.5) is 0 Å². The Morgan fingerprint density at radius 1 is 0.585 bits per heavy atom. The van der Waals surface area contributed by atoms with E-state index in [9.17, 15) is 5.26 Å². The van der Waals surface area contributed by atoms with Gasteiger partial charge in [-0.2, -0.15) is 5.26 Å². The SMILES string of the molecule is Cc1ccc(-c2ccc3c4ccccc4n(-c4cc(-c5ccncc5)c(C#N)cc4-c4ccccc4)c3c2)c(C)c1. The number of para-hydroxylation sites is 1. The minimum absolute atomic E-state index is 0.635. The topological polar surface area (TPSA) is 41.6 Å². The van der Waals surface area contributed by atoms with Gasteiger partial charge >= 0.3 is 0 Å². The van der Waals surface area contributed by atoms with Gasteiger partial charge in [-0.1, -0.05) is 84.4 Å². The fourth-order valence-corrected chi connectivity index (χ4v) is 6.02. The highest BCUT2D eigenvalue weighted by molar-refractivity contribution is 6.11. The van der Waals surface area contributed by atoms with Gasteiger partial charge in [0.2, 0.25) is 0 Å². The molecule has 0 spiro atoms. The summed E-state index contributed by atoms with van der Waals surface area (Å²) in [7, 11) is 0. The van der Waals surface area contributed by atoms with Crippen LogP contribution in [0.15, 0.2) is 128 Å². The second-order valence-corrected chi connectivity index (χ2v) is 10.5. The molecule has 0 fully saturated rings. The molecule has 41 heavy (non-hydrogen) atoms. The molecular weight excluding hydrogens is 498 g/mol. The maximum absolute atomic E-state index is 10.3. The molecule has 0 amide bonds. The number of nitriles is 1. The van der Waals surface area contributed by atoms with E-state index in [1.165, 1.54) is 33.0 Å². The zero-order chi connectivity index (χ0) is 27.9. The Balaban J connectivity index is 1.60. The second-order valence-electron chi connectivity index (χ2n) is 10.5. The lowest BCUT2D eigenvalue weighted by atomic mass is 9.93. The highest BCUT2D eigenvalue weighted by Gasteiger charge is 2.19. The van der Waals surface area contributed by atoms with Crippen LogP contribution < -0.4 is 0 Å². The van der Waals surface area contributed by atoms with Crippen LogP contribution in [-0.4, -0.2) is 9.55 Å². The summed E-state index contributed by atoms with van der Waals surface area (Å²) in [5.41, 5.74) is 12.8. The number of rotatable bonds is 4. The van der Waals surface area contributed by atoms with Gasteiger partial charge in [0.05, 0.1) is 28.4 Å². The number of aryl methyl sites for hydroxylation is 2. The standard InChI is InChI=1S/C38H27N3/c1-25-12-14-31(26(2)20-25)29-13-15-33-32-10-6-7-11-36(32)41(37(33)22-29)38-23-34(28-16-18-40-19-17-28)30(24-39)21-35(38)27-8-4-3-5-9-27/h3-23H,1-2H3. The minimum atomic E-state index is 0.635. The van der Waals surface area contributed by atoms with E-state index in [2.05, 4.69) is 108 Å². The number of nitrogens with zero attached hydrogens (tertiary/aromatic N) is 3. The van der Waals surface area contributed by atoms with Crippen molar-refractivity contribution in [1.29, 1.82) is 5.26 Å². The molecule has 0 saturated heterocycles. The van der Waals surface area contributed by atoms with Gasteiger partial charge in [-0.15, -0.1) is 0 Å². The monoisotopic (exact) mass is 525 g/mol. The number of aromatic nitrogens is 2. The van der Waals surface area contributed by atoms with Gasteiger partial charge < -0.3 is 4.57 Å². The molecule has 0 aliphatic carbocycles. The van der Waals surface area contributed by atoms with Crippen LogP contribution in [0.1, 0.15) is 16.7 Å². The van der Waals surface area contributed by atoms with E-state index in [-0.39, 0.29) is 0 Å². The molecule has 0 radical (unpaired) electrons. The molecule has 0 atom stereocenters. The lowest BCUT2D eigenvalue weighted by molar-refractivity contribution is 1.18. The van der Waals surface area contributed by atoms with Crippen molar-refractivity contribution in [2.24, 2.45) is 0 Å². The third-order valence-corrected chi connectivity index (χ3v) is 7.94. The summed E-state index contributed by atoms with van der Waals surface area (Å²) in [6, 6.07) is 43.0. The van der Waals surface area contributed by atoms with Crippen molar-refractivity contribution in [1.82, 2.24) is 9.55 Å². The normalized spacial score (nSPS) is 11.1. The van der Waals surface area contributed by atoms with E-state index >= 15 is 0 Å². The molecule has 0 bridgehead atoms. The Kier molecular flexibility index (Phi) is 5.95. The van der Waals surface area contributed by atoms with Gasteiger partial charge in [0.25, 0.3) is 0 Å². The van der Waals surface area contributed by atoms with Crippen molar-refractivity contribution in [3.05, 3.63) is 144 Å². The van der Waals surface area contributed by atoms with Crippen LogP contribution in [0.3, 0.4) is 0 Å². The molecule has 0 aliphatic heterocycles. The molecule has 7 rings (SSSR count). The van der Waals surface area contributed by atoms with E-state index in [0.717, 1.165) is 39.0 Å². The van der Waals surface area contributed by atoms with Gasteiger partial charge in [-0.05, 0) is 78.1 Å². The Labute approximate surface area is 239 Å². The zero-order valence-electron chi connectivity index (χ0n) is 23.0. The minimum Gasteiger partial charge on any atom is -0.309 e. The van der Waals surface area contributed by atoms with Crippen molar-refractivity contribution >= 4 is 21.8 Å². The van der Waals surface area contributed by atoms with Crippen molar-refractivity contribution in [3.63, 3.8) is 0 Å². The fraction of sp³-hybridized carbons (Fsp3) is 0.0526. The summed E-state index contributed by atoms with van der Waals surface area (Å²) in [5.74, 6) is 0. The van der Waals surface area contributed by atoms with Gasteiger partial charge in [-0.3, -0.25) is 4.98 Å². The van der Waals surface area contributed by atoms with E-state index < -0.39 is 0 Å². The summed E-state index contributed by atoms with van der Waals surface area (Å²) >= 11 is 0. The first kappa shape index (κ1) is 24.6. The largest absolute Gasteiger partial charge is 0.309 e. The molecule has 0 N–H and O–H groups in total. The van der Waals surface area contributed by atoms with E-state index in [1.807, 2.05) is 36.4 Å². The predicted octanol–water partition coefficient (Wildman–Crippen LogP) is 9.67. The number of hydrogen-bond donors (Lipinski definition) is 0.